The second kappa shape index (κ2) is 11.3. The molecule has 6 rings (SSSR count). The third kappa shape index (κ3) is 4.72. The van der Waals surface area contributed by atoms with Crippen LogP contribution in [0, 0.1) is 0 Å². The summed E-state index contributed by atoms with van der Waals surface area (Å²) < 4.78 is 17.6. The molecule has 1 spiro atoms. The first-order valence-electron chi connectivity index (χ1n) is 13.9. The van der Waals surface area contributed by atoms with Crippen molar-refractivity contribution in [2.45, 2.75) is 62.5 Å². The molecule has 1 fully saturated rings. The Morgan fingerprint density at radius 3 is 2.37 bits per heavy atom. The normalized spacial score (nSPS) is 24.7. The first-order valence-corrected chi connectivity index (χ1v) is 13.9. The maximum absolute atomic E-state index is 6.29. The van der Waals surface area contributed by atoms with Gasteiger partial charge in [0.25, 0.3) is 0 Å². The van der Waals surface area contributed by atoms with E-state index in [0.717, 1.165) is 43.9 Å². The van der Waals surface area contributed by atoms with Crippen LogP contribution in [0.15, 0.2) is 66.7 Å². The van der Waals surface area contributed by atoms with E-state index >= 15 is 0 Å². The minimum absolute atomic E-state index is 0. The van der Waals surface area contributed by atoms with Gasteiger partial charge in [-0.3, -0.25) is 4.90 Å². The predicted molar refractivity (Wildman–Crippen MR) is 155 cm³/mol. The van der Waals surface area contributed by atoms with E-state index in [4.69, 9.17) is 14.2 Å². The molecule has 3 aliphatic rings. The fourth-order valence-corrected chi connectivity index (χ4v) is 7.35. The van der Waals surface area contributed by atoms with Crippen LogP contribution in [-0.4, -0.2) is 44.4 Å². The van der Waals surface area contributed by atoms with E-state index in [-0.39, 0.29) is 23.4 Å². The molecule has 1 aliphatic carbocycles. The highest BCUT2D eigenvalue weighted by Crippen LogP contribution is 2.46. The number of piperidine rings is 1. The van der Waals surface area contributed by atoms with Crippen LogP contribution in [0.5, 0.6) is 11.5 Å². The summed E-state index contributed by atoms with van der Waals surface area (Å²) in [6.45, 7) is 3.71. The highest BCUT2D eigenvalue weighted by molar-refractivity contribution is 5.85. The Kier molecular flexibility index (Phi) is 8.04. The summed E-state index contributed by atoms with van der Waals surface area (Å²) in [4.78, 5) is 2.85. The molecule has 1 saturated heterocycles. The Morgan fingerprint density at radius 2 is 1.58 bits per heavy atom. The molecule has 0 radical (unpaired) electrons. The van der Waals surface area contributed by atoms with Gasteiger partial charge in [0.05, 0.1) is 27.4 Å². The molecule has 2 unspecified atom stereocenters. The average Bonchev–Trinajstić information content (AvgIpc) is 2.96. The number of hydrogen-bond donors (Lipinski definition) is 0. The number of methoxy groups -OCH3 is 2. The van der Waals surface area contributed by atoms with Crippen molar-refractivity contribution in [1.82, 2.24) is 4.90 Å². The molecule has 3 aromatic rings. The van der Waals surface area contributed by atoms with E-state index < -0.39 is 0 Å². The lowest BCUT2D eigenvalue weighted by Gasteiger charge is -2.51. The number of hydrogen-bond acceptors (Lipinski definition) is 4. The van der Waals surface area contributed by atoms with Crippen LogP contribution in [0.3, 0.4) is 0 Å². The van der Waals surface area contributed by atoms with Crippen molar-refractivity contribution in [3.63, 3.8) is 0 Å². The van der Waals surface area contributed by atoms with E-state index in [9.17, 15) is 0 Å². The Balaban J connectivity index is 0.00000294. The standard InChI is InChI=1S/C33H39NO3.ClH/c1-35-30-20-25-14-16-32(22-27(25)21-31(30)36-2)15-8-9-18-34(32)19-17-33(28-11-4-3-5-12-28)24-37-23-26-10-6-7-13-29(26)33;/h3-7,10-13,20-21H,8-9,14-19,22-24H2,1-2H3;1H. The number of rotatable bonds is 6. The summed E-state index contributed by atoms with van der Waals surface area (Å²) in [7, 11) is 3.47. The summed E-state index contributed by atoms with van der Waals surface area (Å²) in [5, 5.41) is 0. The minimum atomic E-state index is -0.113. The Labute approximate surface area is 233 Å². The summed E-state index contributed by atoms with van der Waals surface area (Å²) in [5.74, 6) is 1.69. The number of ether oxygens (including phenoxy) is 3. The van der Waals surface area contributed by atoms with Gasteiger partial charge in [0.2, 0.25) is 0 Å². The topological polar surface area (TPSA) is 30.9 Å². The Hall–Kier alpha value is -2.53. The van der Waals surface area contributed by atoms with Gasteiger partial charge in [-0.2, -0.15) is 0 Å². The van der Waals surface area contributed by atoms with Crippen molar-refractivity contribution >= 4 is 12.4 Å². The minimum Gasteiger partial charge on any atom is -0.493 e. The smallest absolute Gasteiger partial charge is 0.161 e. The molecule has 0 aromatic heterocycles. The van der Waals surface area contributed by atoms with E-state index in [2.05, 4.69) is 71.6 Å². The molecule has 0 saturated carbocycles. The van der Waals surface area contributed by atoms with Crippen LogP contribution in [0.2, 0.25) is 0 Å². The molecule has 4 nitrogen and oxygen atoms in total. The third-order valence-electron chi connectivity index (χ3n) is 9.35. The molecule has 38 heavy (non-hydrogen) atoms. The molecule has 0 amide bonds. The van der Waals surface area contributed by atoms with Gasteiger partial charge >= 0.3 is 0 Å². The maximum Gasteiger partial charge on any atom is 0.161 e. The van der Waals surface area contributed by atoms with Gasteiger partial charge in [-0.05, 0) is 91.6 Å². The van der Waals surface area contributed by atoms with Crippen LogP contribution in [0.4, 0.5) is 0 Å². The summed E-state index contributed by atoms with van der Waals surface area (Å²) in [6, 6.07) is 24.4. The number of nitrogens with zero attached hydrogens (tertiary/aromatic N) is 1. The number of fused-ring (bicyclic) bond motifs is 2. The summed E-state index contributed by atoms with van der Waals surface area (Å²) in [6.07, 6.45) is 8.33. The molecule has 5 heteroatoms. The van der Waals surface area contributed by atoms with Crippen LogP contribution in [-0.2, 0) is 29.6 Å². The molecule has 2 atom stereocenters. The molecular formula is C33H40ClNO3. The average molecular weight is 534 g/mol. The fraction of sp³-hybridized carbons (Fsp3) is 0.455. The van der Waals surface area contributed by atoms with Crippen molar-refractivity contribution < 1.29 is 14.2 Å². The quantitative estimate of drug-likeness (QED) is 0.351. The van der Waals surface area contributed by atoms with Crippen LogP contribution in [0.1, 0.15) is 59.9 Å². The zero-order valence-corrected chi connectivity index (χ0v) is 23.5. The summed E-state index contributed by atoms with van der Waals surface area (Å²) in [5.41, 5.74) is 7.11. The van der Waals surface area contributed by atoms with Gasteiger partial charge in [-0.15, -0.1) is 12.4 Å². The zero-order chi connectivity index (χ0) is 25.3. The molecule has 2 heterocycles. The van der Waals surface area contributed by atoms with Crippen molar-refractivity contribution in [3.8, 4) is 11.5 Å². The number of benzene rings is 3. The van der Waals surface area contributed by atoms with Crippen molar-refractivity contribution in [2.24, 2.45) is 0 Å². The van der Waals surface area contributed by atoms with E-state index in [0.29, 0.717) is 6.61 Å². The van der Waals surface area contributed by atoms with Crippen LogP contribution < -0.4 is 9.47 Å². The monoisotopic (exact) mass is 533 g/mol. The SMILES string of the molecule is COc1cc2c(cc1OC)CC1(CCCCN1CCC1(c3ccccc3)COCc3ccccc31)CC2.Cl. The number of likely N-dealkylation sites (tertiary alicyclic amines) is 1. The van der Waals surface area contributed by atoms with Gasteiger partial charge in [-0.25, -0.2) is 0 Å². The van der Waals surface area contributed by atoms with Crippen LogP contribution >= 0.6 is 12.4 Å². The van der Waals surface area contributed by atoms with Crippen molar-refractivity contribution in [1.29, 1.82) is 0 Å². The largest absolute Gasteiger partial charge is 0.493 e. The maximum atomic E-state index is 6.29. The molecule has 0 N–H and O–H groups in total. The van der Waals surface area contributed by atoms with E-state index in [1.807, 2.05) is 0 Å². The lowest BCUT2D eigenvalue weighted by atomic mass is 9.68. The number of halogens is 1. The molecule has 2 aliphatic heterocycles. The predicted octanol–water partition coefficient (Wildman–Crippen LogP) is 6.75. The highest BCUT2D eigenvalue weighted by Gasteiger charge is 2.44. The number of aryl methyl sites for hydroxylation is 1. The van der Waals surface area contributed by atoms with Gasteiger partial charge < -0.3 is 14.2 Å². The molecule has 0 bridgehead atoms. The second-order valence-electron chi connectivity index (χ2n) is 11.2. The molecule has 3 aromatic carbocycles. The summed E-state index contributed by atoms with van der Waals surface area (Å²) >= 11 is 0. The van der Waals surface area contributed by atoms with E-state index in [1.165, 1.54) is 60.0 Å². The third-order valence-corrected chi connectivity index (χ3v) is 9.35. The second-order valence-corrected chi connectivity index (χ2v) is 11.2. The highest BCUT2D eigenvalue weighted by atomic mass is 35.5. The first kappa shape index (κ1) is 27.1. The Morgan fingerprint density at radius 1 is 0.842 bits per heavy atom. The van der Waals surface area contributed by atoms with Crippen molar-refractivity contribution in [2.75, 3.05) is 33.9 Å². The Bertz CT molecular complexity index is 1250. The molecular weight excluding hydrogens is 494 g/mol. The lowest BCUT2D eigenvalue weighted by molar-refractivity contribution is 0.0148. The van der Waals surface area contributed by atoms with E-state index in [1.54, 1.807) is 14.2 Å². The van der Waals surface area contributed by atoms with Crippen molar-refractivity contribution in [3.05, 3.63) is 94.5 Å². The van der Waals surface area contributed by atoms with Gasteiger partial charge in [0, 0.05) is 11.0 Å². The van der Waals surface area contributed by atoms with Gasteiger partial charge in [-0.1, -0.05) is 61.0 Å². The van der Waals surface area contributed by atoms with Gasteiger partial charge in [0.15, 0.2) is 11.5 Å². The zero-order valence-electron chi connectivity index (χ0n) is 22.7. The molecule has 202 valence electrons. The first-order chi connectivity index (χ1) is 18.2. The van der Waals surface area contributed by atoms with Gasteiger partial charge in [0.1, 0.15) is 0 Å². The fourth-order valence-electron chi connectivity index (χ4n) is 7.35. The van der Waals surface area contributed by atoms with Crippen LogP contribution in [0.25, 0.3) is 0 Å². The lowest BCUT2D eigenvalue weighted by Crippen LogP contribution is -2.56.